The Morgan fingerprint density at radius 1 is 1.86 bits per heavy atom. The van der Waals surface area contributed by atoms with Crippen LogP contribution in [-0.4, -0.2) is 10.7 Å². The van der Waals surface area contributed by atoms with E-state index in [1.165, 1.54) is 0 Å². The molecule has 2 unspecified atom stereocenters. The third-order valence-electron chi connectivity index (χ3n) is 1.08. The third kappa shape index (κ3) is 0.938. The molecule has 0 aromatic heterocycles. The molecule has 1 rings (SSSR count). The van der Waals surface area contributed by atoms with Gasteiger partial charge in [0.25, 0.3) is 0 Å². The van der Waals surface area contributed by atoms with Crippen molar-refractivity contribution in [1.82, 2.24) is 0 Å². The molecule has 7 heavy (non-hydrogen) atoms. The van der Waals surface area contributed by atoms with E-state index in [1.807, 2.05) is 0 Å². The van der Waals surface area contributed by atoms with E-state index in [0.29, 0.717) is 4.83 Å². The van der Waals surface area contributed by atoms with Crippen LogP contribution in [0.25, 0.3) is 0 Å². The lowest BCUT2D eigenvalue weighted by molar-refractivity contribution is -0.119. The second-order valence-corrected chi connectivity index (χ2v) is 2.94. The molecule has 2 nitrogen and oxygen atoms in total. The normalized spacial score (nSPS) is 37.9. The number of hydrogen-bond donors (Lipinski definition) is 1. The molecule has 40 valence electrons. The second kappa shape index (κ2) is 1.47. The molecular formula is C4H6BrNO. The average molecular weight is 164 g/mol. The lowest BCUT2D eigenvalue weighted by Crippen LogP contribution is -2.13. The predicted molar refractivity (Wildman–Crippen MR) is 30.0 cm³/mol. The van der Waals surface area contributed by atoms with Gasteiger partial charge in [-0.05, 0) is 6.42 Å². The van der Waals surface area contributed by atoms with Gasteiger partial charge in [-0.1, -0.05) is 15.9 Å². The first-order chi connectivity index (χ1) is 3.22. The first-order valence-corrected chi connectivity index (χ1v) is 3.07. The molecule has 1 aliphatic carbocycles. The highest BCUT2D eigenvalue weighted by Gasteiger charge is 2.39. The van der Waals surface area contributed by atoms with Crippen LogP contribution < -0.4 is 5.73 Å². The largest absolute Gasteiger partial charge is 0.369 e. The first kappa shape index (κ1) is 5.09. The van der Waals surface area contributed by atoms with Gasteiger partial charge in [-0.2, -0.15) is 0 Å². The maximum atomic E-state index is 10.2. The van der Waals surface area contributed by atoms with Gasteiger partial charge in [-0.3, -0.25) is 4.79 Å². The maximum Gasteiger partial charge on any atom is 0.221 e. The molecule has 0 radical (unpaired) electrons. The fraction of sp³-hybridized carbons (Fsp3) is 0.750. The molecule has 0 bridgehead atoms. The summed E-state index contributed by atoms with van der Waals surface area (Å²) in [7, 11) is 0. The number of rotatable bonds is 1. The van der Waals surface area contributed by atoms with Crippen LogP contribution in [-0.2, 0) is 4.79 Å². The zero-order valence-corrected chi connectivity index (χ0v) is 5.31. The summed E-state index contributed by atoms with van der Waals surface area (Å²) >= 11 is 3.25. The van der Waals surface area contributed by atoms with Crippen LogP contribution in [0.1, 0.15) is 6.42 Å². The van der Waals surface area contributed by atoms with E-state index >= 15 is 0 Å². The predicted octanol–water partition coefficient (Wildman–Crippen LogP) is 0.255. The van der Waals surface area contributed by atoms with Gasteiger partial charge in [0, 0.05) is 4.83 Å². The summed E-state index contributed by atoms with van der Waals surface area (Å²) in [4.78, 5) is 10.5. The number of halogens is 1. The fourth-order valence-electron chi connectivity index (χ4n) is 0.458. The number of nitrogens with two attached hydrogens (primary N) is 1. The zero-order chi connectivity index (χ0) is 5.44. The molecule has 2 N–H and O–H groups in total. The molecule has 0 aliphatic heterocycles. The topological polar surface area (TPSA) is 43.1 Å². The second-order valence-electron chi connectivity index (χ2n) is 1.76. The van der Waals surface area contributed by atoms with Gasteiger partial charge in [-0.15, -0.1) is 0 Å². The summed E-state index contributed by atoms with van der Waals surface area (Å²) in [5, 5.41) is 0. The van der Waals surface area contributed by atoms with Crippen LogP contribution in [0, 0.1) is 5.92 Å². The Kier molecular flexibility index (Phi) is 1.07. The monoisotopic (exact) mass is 163 g/mol. The first-order valence-electron chi connectivity index (χ1n) is 2.15. The minimum absolute atomic E-state index is 0.125. The van der Waals surface area contributed by atoms with E-state index in [9.17, 15) is 4.79 Å². The van der Waals surface area contributed by atoms with Crippen LogP contribution in [0.4, 0.5) is 0 Å². The Hall–Kier alpha value is -0.0500. The molecule has 1 fully saturated rings. The van der Waals surface area contributed by atoms with Crippen molar-refractivity contribution in [3.63, 3.8) is 0 Å². The quantitative estimate of drug-likeness (QED) is 0.554. The molecule has 0 heterocycles. The van der Waals surface area contributed by atoms with E-state index < -0.39 is 0 Å². The van der Waals surface area contributed by atoms with E-state index in [-0.39, 0.29) is 11.8 Å². The number of carbonyl (C=O) groups is 1. The SMILES string of the molecule is NC(=O)C1CC1Br. The van der Waals surface area contributed by atoms with Gasteiger partial charge in [0.05, 0.1) is 5.92 Å². The smallest absolute Gasteiger partial charge is 0.221 e. The number of amides is 1. The third-order valence-corrected chi connectivity index (χ3v) is 2.09. The van der Waals surface area contributed by atoms with Gasteiger partial charge in [0.2, 0.25) is 5.91 Å². The molecule has 0 aromatic carbocycles. The van der Waals surface area contributed by atoms with Crippen LogP contribution >= 0.6 is 15.9 Å². The van der Waals surface area contributed by atoms with Crippen molar-refractivity contribution < 1.29 is 4.79 Å². The summed E-state index contributed by atoms with van der Waals surface area (Å²) in [6.45, 7) is 0. The molecule has 0 aromatic rings. The zero-order valence-electron chi connectivity index (χ0n) is 3.73. The van der Waals surface area contributed by atoms with Crippen molar-refractivity contribution in [3.8, 4) is 0 Å². The number of alkyl halides is 1. The van der Waals surface area contributed by atoms with Crippen molar-refractivity contribution >= 4 is 21.8 Å². The maximum absolute atomic E-state index is 10.2. The van der Waals surface area contributed by atoms with E-state index in [1.54, 1.807) is 0 Å². The Morgan fingerprint density at radius 3 is 2.29 bits per heavy atom. The molecule has 3 heteroatoms. The van der Waals surface area contributed by atoms with Crippen molar-refractivity contribution in [2.45, 2.75) is 11.2 Å². The lowest BCUT2D eigenvalue weighted by Gasteiger charge is -1.80. The fourth-order valence-corrected chi connectivity index (χ4v) is 1.12. The average Bonchev–Trinajstić information content (AvgIpc) is 2.17. The summed E-state index contributed by atoms with van der Waals surface area (Å²) in [6.07, 6.45) is 0.926. The molecule has 0 spiro atoms. The molecule has 1 amide bonds. The molecule has 1 saturated carbocycles. The van der Waals surface area contributed by atoms with Crippen molar-refractivity contribution in [2.24, 2.45) is 11.7 Å². The minimum Gasteiger partial charge on any atom is -0.369 e. The number of carbonyl (C=O) groups excluding carboxylic acids is 1. The highest BCUT2D eigenvalue weighted by molar-refractivity contribution is 9.09. The molecule has 1 aliphatic rings. The summed E-state index contributed by atoms with van der Waals surface area (Å²) in [5.41, 5.74) is 4.92. The van der Waals surface area contributed by atoms with Crippen molar-refractivity contribution in [3.05, 3.63) is 0 Å². The van der Waals surface area contributed by atoms with E-state index in [2.05, 4.69) is 15.9 Å². The Balaban J connectivity index is 2.33. The summed E-state index contributed by atoms with van der Waals surface area (Å²) < 4.78 is 0. The summed E-state index contributed by atoms with van der Waals surface area (Å²) in [5.74, 6) is -0.0538. The number of primary amides is 1. The van der Waals surface area contributed by atoms with E-state index in [0.717, 1.165) is 6.42 Å². The highest BCUT2D eigenvalue weighted by Crippen LogP contribution is 2.36. The molecule has 2 atom stereocenters. The minimum atomic E-state index is -0.179. The highest BCUT2D eigenvalue weighted by atomic mass is 79.9. The van der Waals surface area contributed by atoms with Crippen molar-refractivity contribution in [2.75, 3.05) is 0 Å². The van der Waals surface area contributed by atoms with Gasteiger partial charge in [-0.25, -0.2) is 0 Å². The lowest BCUT2D eigenvalue weighted by atomic mass is 10.4. The van der Waals surface area contributed by atoms with E-state index in [4.69, 9.17) is 5.73 Å². The molecular weight excluding hydrogens is 158 g/mol. The van der Waals surface area contributed by atoms with Crippen LogP contribution in [0.15, 0.2) is 0 Å². The Morgan fingerprint density at radius 2 is 2.29 bits per heavy atom. The Bertz CT molecular complexity index is 104. The van der Waals surface area contributed by atoms with Crippen LogP contribution in [0.5, 0.6) is 0 Å². The van der Waals surface area contributed by atoms with Gasteiger partial charge < -0.3 is 5.73 Å². The standard InChI is InChI=1S/C4H6BrNO/c5-3-1-2(3)4(6)7/h2-3H,1H2,(H2,6,7). The van der Waals surface area contributed by atoms with Gasteiger partial charge in [0.15, 0.2) is 0 Å². The number of hydrogen-bond acceptors (Lipinski definition) is 1. The van der Waals surface area contributed by atoms with Crippen LogP contribution in [0.3, 0.4) is 0 Å². The van der Waals surface area contributed by atoms with Gasteiger partial charge >= 0.3 is 0 Å². The van der Waals surface area contributed by atoms with Crippen molar-refractivity contribution in [1.29, 1.82) is 0 Å². The van der Waals surface area contributed by atoms with Gasteiger partial charge in [0.1, 0.15) is 0 Å². The Labute approximate surface area is 50.2 Å². The van der Waals surface area contributed by atoms with Crippen LogP contribution in [0.2, 0.25) is 0 Å². The summed E-state index contributed by atoms with van der Waals surface area (Å²) in [6, 6.07) is 0. The molecule has 0 saturated heterocycles.